The molecule has 32 heavy (non-hydrogen) atoms. The van der Waals surface area contributed by atoms with E-state index in [-0.39, 0.29) is 6.10 Å². The molecule has 2 spiro atoms. The van der Waals surface area contributed by atoms with Gasteiger partial charge in [0.2, 0.25) is 0 Å². The minimum Gasteiger partial charge on any atom is -0.463 e. The van der Waals surface area contributed by atoms with Crippen molar-refractivity contribution in [3.05, 3.63) is 12.2 Å². The Balaban J connectivity index is 1.37. The molecule has 0 aromatic carbocycles. The summed E-state index contributed by atoms with van der Waals surface area (Å²) < 4.78 is 36.9. The molecule has 0 bridgehead atoms. The number of rotatable bonds is 4. The van der Waals surface area contributed by atoms with Gasteiger partial charge in [0.15, 0.2) is 11.6 Å². The Morgan fingerprint density at radius 1 is 0.938 bits per heavy atom. The third kappa shape index (κ3) is 4.38. The van der Waals surface area contributed by atoms with E-state index in [1.165, 1.54) is 18.9 Å². The molecular formula is C24H36O8. The Kier molecular flexibility index (Phi) is 6.62. The molecule has 0 aromatic heterocycles. The van der Waals surface area contributed by atoms with Crippen LogP contribution in [-0.4, -0.2) is 72.5 Å². The predicted octanol–water partition coefficient (Wildman–Crippen LogP) is 2.75. The first-order valence-corrected chi connectivity index (χ1v) is 12.4. The van der Waals surface area contributed by atoms with E-state index in [0.29, 0.717) is 13.2 Å². The van der Waals surface area contributed by atoms with E-state index in [2.05, 4.69) is 0 Å². The number of aliphatic hydroxyl groups excluding tert-OH is 1. The van der Waals surface area contributed by atoms with Crippen LogP contribution >= 0.6 is 0 Å². The fraction of sp³-hybridized carbons (Fsp3) is 0.875. The summed E-state index contributed by atoms with van der Waals surface area (Å²) in [6.07, 6.45) is 9.50. The summed E-state index contributed by atoms with van der Waals surface area (Å²) in [6.45, 7) is 2.47. The van der Waals surface area contributed by atoms with Crippen LogP contribution in [0.5, 0.6) is 0 Å². The molecule has 8 nitrogen and oxygen atoms in total. The fourth-order valence-corrected chi connectivity index (χ4v) is 5.94. The lowest BCUT2D eigenvalue weighted by Crippen LogP contribution is -2.59. The van der Waals surface area contributed by atoms with Crippen LogP contribution in [0.15, 0.2) is 12.2 Å². The molecule has 1 N–H and O–H groups in total. The first-order chi connectivity index (χ1) is 15.5. The van der Waals surface area contributed by atoms with Gasteiger partial charge in [0, 0.05) is 31.8 Å². The Morgan fingerprint density at radius 3 is 2.28 bits per heavy atom. The van der Waals surface area contributed by atoms with E-state index in [1.807, 2.05) is 0 Å². The van der Waals surface area contributed by atoms with Gasteiger partial charge >= 0.3 is 5.97 Å². The summed E-state index contributed by atoms with van der Waals surface area (Å²) >= 11 is 0. The van der Waals surface area contributed by atoms with Gasteiger partial charge in [0.25, 0.3) is 0 Å². The number of hydrogen-bond donors (Lipinski definition) is 1. The predicted molar refractivity (Wildman–Crippen MR) is 113 cm³/mol. The fourth-order valence-electron chi connectivity index (χ4n) is 5.94. The molecule has 0 radical (unpaired) electrons. The second kappa shape index (κ2) is 9.31. The number of ether oxygens (including phenoxy) is 6. The number of aliphatic hydroxyl groups is 1. The van der Waals surface area contributed by atoms with Crippen LogP contribution in [0.3, 0.4) is 0 Å². The summed E-state index contributed by atoms with van der Waals surface area (Å²) in [6, 6.07) is 0. The molecule has 0 aromatic rings. The molecule has 0 amide bonds. The lowest BCUT2D eigenvalue weighted by molar-refractivity contribution is -0.233. The third-order valence-electron chi connectivity index (χ3n) is 7.52. The average Bonchev–Trinajstić information content (AvgIpc) is 3.37. The average molecular weight is 453 g/mol. The molecule has 6 atom stereocenters. The van der Waals surface area contributed by atoms with Gasteiger partial charge in [-0.2, -0.15) is 0 Å². The van der Waals surface area contributed by atoms with Crippen molar-refractivity contribution in [2.24, 2.45) is 0 Å². The minimum atomic E-state index is -0.950. The van der Waals surface area contributed by atoms with Crippen molar-refractivity contribution in [2.45, 2.75) is 119 Å². The van der Waals surface area contributed by atoms with Crippen LogP contribution in [0, 0.1) is 0 Å². The zero-order valence-corrected chi connectivity index (χ0v) is 18.9. The van der Waals surface area contributed by atoms with Crippen molar-refractivity contribution in [1.82, 2.24) is 0 Å². The molecule has 180 valence electrons. The molecule has 3 saturated heterocycles. The highest BCUT2D eigenvalue weighted by atomic mass is 16.8. The largest absolute Gasteiger partial charge is 0.463 e. The van der Waals surface area contributed by atoms with Crippen LogP contribution in [0.4, 0.5) is 0 Å². The lowest BCUT2D eigenvalue weighted by Gasteiger charge is -2.41. The van der Waals surface area contributed by atoms with Gasteiger partial charge in [-0.25, -0.2) is 4.79 Å². The molecule has 0 unspecified atom stereocenters. The molecule has 3 aliphatic heterocycles. The van der Waals surface area contributed by atoms with Crippen LogP contribution < -0.4 is 0 Å². The summed E-state index contributed by atoms with van der Waals surface area (Å²) in [5.74, 6) is -1.66. The second-order valence-corrected chi connectivity index (χ2v) is 9.74. The smallest absolute Gasteiger partial charge is 0.330 e. The van der Waals surface area contributed by atoms with Crippen LogP contribution in [0.1, 0.15) is 71.1 Å². The summed E-state index contributed by atoms with van der Waals surface area (Å²) in [7, 11) is 0. The number of esters is 1. The SMILES string of the molecule is CCOC(=O)/C=C/[C@@H]1O[C@@H]([C@H]2COC3(CCCCC3)O2)[C@H]2OC3(CCCCC3)O[C@H]2[C@H]1O. The Morgan fingerprint density at radius 2 is 1.59 bits per heavy atom. The van der Waals surface area contributed by atoms with E-state index < -0.39 is 48.1 Å². The number of carbonyl (C=O) groups is 1. The highest BCUT2D eigenvalue weighted by molar-refractivity contribution is 5.81. The van der Waals surface area contributed by atoms with Crippen LogP contribution in [-0.2, 0) is 33.2 Å². The molecule has 2 aliphatic carbocycles. The van der Waals surface area contributed by atoms with Crippen LogP contribution in [0.2, 0.25) is 0 Å². The molecule has 8 heteroatoms. The van der Waals surface area contributed by atoms with Crippen molar-refractivity contribution in [1.29, 1.82) is 0 Å². The third-order valence-corrected chi connectivity index (χ3v) is 7.52. The van der Waals surface area contributed by atoms with Crippen molar-refractivity contribution >= 4 is 5.97 Å². The maximum Gasteiger partial charge on any atom is 0.330 e. The van der Waals surface area contributed by atoms with Crippen LogP contribution in [0.25, 0.3) is 0 Å². The van der Waals surface area contributed by atoms with Gasteiger partial charge in [-0.3, -0.25) is 0 Å². The highest BCUT2D eigenvalue weighted by Gasteiger charge is 2.60. The van der Waals surface area contributed by atoms with Gasteiger partial charge in [0.05, 0.1) is 13.2 Å². The van der Waals surface area contributed by atoms with E-state index in [1.54, 1.807) is 13.0 Å². The summed E-state index contributed by atoms with van der Waals surface area (Å²) in [4.78, 5) is 11.9. The van der Waals surface area contributed by atoms with E-state index in [4.69, 9.17) is 28.4 Å². The Hall–Kier alpha value is -1.03. The van der Waals surface area contributed by atoms with E-state index >= 15 is 0 Å². The lowest BCUT2D eigenvalue weighted by atomic mass is 9.91. The molecule has 5 aliphatic rings. The summed E-state index contributed by atoms with van der Waals surface area (Å²) in [5.41, 5.74) is 0. The topological polar surface area (TPSA) is 92.7 Å². The van der Waals surface area contributed by atoms with Crippen molar-refractivity contribution < 1.29 is 38.3 Å². The van der Waals surface area contributed by atoms with Gasteiger partial charge in [-0.1, -0.05) is 12.8 Å². The molecule has 5 rings (SSSR count). The first kappa shape index (κ1) is 22.7. The molecule has 2 saturated carbocycles. The van der Waals surface area contributed by atoms with Crippen molar-refractivity contribution in [2.75, 3.05) is 13.2 Å². The van der Waals surface area contributed by atoms with Gasteiger partial charge in [-0.15, -0.1) is 0 Å². The van der Waals surface area contributed by atoms with Crippen molar-refractivity contribution in [3.8, 4) is 0 Å². The normalized spacial score (nSPS) is 40.7. The monoisotopic (exact) mass is 452 g/mol. The standard InChI is InChI=1S/C24H36O8/c1-2-27-18(25)10-9-16-19(26)21-22(32-24(31-21)13-7-4-8-14-24)20(29-16)17-15-28-23(30-17)11-5-3-6-12-23/h9-10,16-17,19-22,26H,2-8,11-15H2,1H3/b10-9+/t16-,17+,19-,20-,21-,22+/m0/s1. The summed E-state index contributed by atoms with van der Waals surface area (Å²) in [5, 5.41) is 11.1. The number of carbonyl (C=O) groups excluding carboxylic acids is 1. The quantitative estimate of drug-likeness (QED) is 0.514. The van der Waals surface area contributed by atoms with E-state index in [9.17, 15) is 9.90 Å². The zero-order valence-electron chi connectivity index (χ0n) is 18.9. The van der Waals surface area contributed by atoms with Gasteiger partial charge in [-0.05, 0) is 38.7 Å². The van der Waals surface area contributed by atoms with Crippen molar-refractivity contribution in [3.63, 3.8) is 0 Å². The highest BCUT2D eigenvalue weighted by Crippen LogP contribution is 2.47. The number of fused-ring (bicyclic) bond motifs is 1. The molecule has 5 fully saturated rings. The maximum absolute atomic E-state index is 11.9. The van der Waals surface area contributed by atoms with E-state index in [0.717, 1.165) is 51.4 Å². The molecular weight excluding hydrogens is 416 g/mol. The van der Waals surface area contributed by atoms with Gasteiger partial charge < -0.3 is 33.5 Å². The minimum absolute atomic E-state index is 0.291. The van der Waals surface area contributed by atoms with Gasteiger partial charge in [0.1, 0.15) is 36.6 Å². The maximum atomic E-state index is 11.9. The second-order valence-electron chi connectivity index (χ2n) is 9.74. The first-order valence-electron chi connectivity index (χ1n) is 12.4. The Bertz CT molecular complexity index is 696. The molecule has 3 heterocycles. The Labute approximate surface area is 189 Å². The number of hydrogen-bond acceptors (Lipinski definition) is 8. The zero-order chi connectivity index (χ0) is 22.2.